The van der Waals surface area contributed by atoms with Crippen molar-refractivity contribution in [2.45, 2.75) is 125 Å². The van der Waals surface area contributed by atoms with Gasteiger partial charge in [0, 0.05) is 137 Å². The van der Waals surface area contributed by atoms with Gasteiger partial charge in [-0.1, -0.05) is 102 Å². The predicted octanol–water partition coefficient (Wildman–Crippen LogP) is 20.1. The number of hydrogen-bond donors (Lipinski definition) is 0. The summed E-state index contributed by atoms with van der Waals surface area (Å²) >= 11 is 9.98. The van der Waals surface area contributed by atoms with Gasteiger partial charge >= 0.3 is 80.7 Å². The van der Waals surface area contributed by atoms with Crippen molar-refractivity contribution in [1.29, 1.82) is 0 Å². The molecule has 0 spiro atoms. The van der Waals surface area contributed by atoms with E-state index >= 15 is 0 Å². The number of methoxy groups -OCH3 is 3. The lowest BCUT2D eigenvalue weighted by Crippen LogP contribution is -2.34. The number of anilines is 5. The van der Waals surface area contributed by atoms with Crippen molar-refractivity contribution in [1.82, 2.24) is 24.5 Å². The summed E-state index contributed by atoms with van der Waals surface area (Å²) in [4.78, 5) is 80.1. The van der Waals surface area contributed by atoms with Crippen molar-refractivity contribution in [3.05, 3.63) is 249 Å². The normalized spacial score (nSPS) is 14.6. The van der Waals surface area contributed by atoms with E-state index in [1.54, 1.807) is 151 Å². The molecule has 0 radical (unpaired) electrons. The van der Waals surface area contributed by atoms with Crippen LogP contribution in [0, 0.1) is 25.7 Å². The smallest absolute Gasteiger partial charge is 0.339 e. The fraction of sp³-hybridized carbons (Fsp3) is 0.350. The molecule has 10 aromatic carbocycles. The molecule has 33 nitrogen and oxygen atoms in total. The van der Waals surface area contributed by atoms with Crippen LogP contribution in [0.15, 0.2) is 262 Å². The number of carbonyl (C=O) groups excluding carboxylic acids is 5. The van der Waals surface area contributed by atoms with E-state index in [2.05, 4.69) is 96.3 Å². The number of unbranched alkanes of at least 4 members (excludes halogenated alkanes) is 3. The summed E-state index contributed by atoms with van der Waals surface area (Å²) in [6.07, 6.45) is 6.00. The molecule has 0 bridgehead atoms. The van der Waals surface area contributed by atoms with Crippen molar-refractivity contribution in [2.24, 2.45) is 11.8 Å². The number of carbonyl (C=O) groups is 5. The standard InChI is InChI=1S/C20H22Br2N2O5S.C20H23BrN2O4S.2C20H24N2O5S.C20H24N2O4S/c1-3-4-9-23-10-11-24(20(23)25)14-5-7-16(8-6-14)30(26,27)29-15-12-17(21)19(28-2)18(22)13-15;1-3-4-9-22-10-11-23(20(22)24)17-5-7-19(8-6-17)28(25,26)27-18-13-15(2)12-16(21)14-18;1-15(2)14-21-11-12-22(20(21)23)16-7-9-19(10-8-16)28(24,25)27-18-6-4-5-17(13-18)26-3;1-3-4-13-21-14-15-22(20(21)23)16-5-11-19(12-6-16)28(24,25)27-18-9-7-17(26-2)8-10-18;1-15(2)14-21-11-12-22(20(21)23)17-7-9-19(10-8-17)27(24,25)26-18-6-4-5-16(3)13-18/h5-8,12-13H,3-4,9-11H2,1-2H3;5-8,12-14H,3-4,9-11H2,1-2H3;4-10,13,15H,11-12,14H2,1-3H3;5-12H,3-4,13-15H2,1-2H3;4-10,13,15H,11-12,14H2,1-3H3. The summed E-state index contributed by atoms with van der Waals surface area (Å²) in [5, 5.41) is 0. The Labute approximate surface area is 852 Å². The second kappa shape index (κ2) is 49.7. The van der Waals surface area contributed by atoms with Gasteiger partial charge in [0.25, 0.3) is 0 Å². The highest BCUT2D eigenvalue weighted by Crippen LogP contribution is 2.40. The number of nitrogens with zero attached hydrogens (tertiary/aromatic N) is 10. The highest BCUT2D eigenvalue weighted by atomic mass is 79.9. The van der Waals surface area contributed by atoms with Crippen molar-refractivity contribution in [2.75, 3.05) is 144 Å². The van der Waals surface area contributed by atoms with Crippen molar-refractivity contribution >= 4 is 157 Å². The molecular weight excluding hydrogens is 2110 g/mol. The van der Waals surface area contributed by atoms with Gasteiger partial charge in [-0.05, 0) is 288 Å². The third-order valence-electron chi connectivity index (χ3n) is 22.5. The van der Waals surface area contributed by atoms with Crippen LogP contribution < -0.4 is 59.6 Å². The molecule has 5 aliphatic heterocycles. The molecule has 0 aromatic heterocycles. The molecule has 15 rings (SSSR count). The van der Waals surface area contributed by atoms with Gasteiger partial charge in [0.2, 0.25) is 0 Å². The molecule has 5 fully saturated rings. The SMILES string of the molecule is CCCCN1CCN(c2ccc(S(=O)(=O)Oc3cc(Br)c(OC)c(Br)c3)cc2)C1=O.CCCCN1CCN(c2ccc(S(=O)(=O)Oc3cc(C)cc(Br)c3)cc2)C1=O.CCCCN1CCN(c2ccc(S(=O)(=O)Oc3ccc(OC)cc3)cc2)C1=O.COc1cccc(OS(=O)(=O)c2ccc(N3CCN(CC(C)C)C3=O)cc2)c1.Cc1cccc(OS(=O)(=O)c2ccc(N3CCN(CC(C)C)C3=O)cc2)c1. The van der Waals surface area contributed by atoms with Gasteiger partial charge in [-0.3, -0.25) is 24.5 Å². The van der Waals surface area contributed by atoms with E-state index in [4.69, 9.17) is 35.1 Å². The summed E-state index contributed by atoms with van der Waals surface area (Å²) < 4.78 is 169. The summed E-state index contributed by atoms with van der Waals surface area (Å²) in [6, 6.07) is 58.4. The molecule has 5 saturated heterocycles. The fourth-order valence-corrected chi connectivity index (χ4v) is 22.0. The maximum Gasteiger partial charge on any atom is 0.339 e. The number of benzene rings is 10. The zero-order valence-corrected chi connectivity index (χ0v) is 89.2. The van der Waals surface area contributed by atoms with Crippen LogP contribution in [-0.2, 0) is 50.6 Å². The second-order valence-corrected chi connectivity index (χ2v) is 44.4. The van der Waals surface area contributed by atoms with Gasteiger partial charge in [-0.25, -0.2) is 24.0 Å². The van der Waals surface area contributed by atoms with Crippen LogP contribution in [0.3, 0.4) is 0 Å². The lowest BCUT2D eigenvalue weighted by molar-refractivity contribution is 0.214. The Morgan fingerprint density at radius 3 is 0.851 bits per heavy atom. The van der Waals surface area contributed by atoms with E-state index in [-0.39, 0.29) is 83.4 Å². The highest BCUT2D eigenvalue weighted by molar-refractivity contribution is 9.11. The van der Waals surface area contributed by atoms with E-state index in [0.29, 0.717) is 145 Å². The van der Waals surface area contributed by atoms with Gasteiger partial charge < -0.3 is 59.6 Å². The Morgan fingerprint density at radius 2 is 0.553 bits per heavy atom. The first kappa shape index (κ1) is 110. The Kier molecular flexibility index (Phi) is 38.6. The maximum absolute atomic E-state index is 12.7. The van der Waals surface area contributed by atoms with Crippen molar-refractivity contribution < 1.29 is 101 Å². The van der Waals surface area contributed by atoms with Crippen molar-refractivity contribution in [3.8, 4) is 46.0 Å². The average molecular weight is 2230 g/mol. The van der Waals surface area contributed by atoms with Crippen LogP contribution in [0.25, 0.3) is 0 Å². The lowest BCUT2D eigenvalue weighted by atomic mass is 10.2. The molecule has 10 aromatic rings. The van der Waals surface area contributed by atoms with Crippen LogP contribution in [0.4, 0.5) is 52.4 Å². The molecule has 756 valence electrons. The Balaban J connectivity index is 0.000000169. The Hall–Kier alpha value is -11.9. The second-order valence-electron chi connectivity index (χ2n) is 34.1. The molecule has 41 heteroatoms. The zero-order valence-electron chi connectivity index (χ0n) is 80.4. The molecule has 5 heterocycles. The van der Waals surface area contributed by atoms with E-state index in [1.807, 2.05) is 45.6 Å². The topological polar surface area (TPSA) is 362 Å². The number of ether oxygens (including phenoxy) is 3. The summed E-state index contributed by atoms with van der Waals surface area (Å²) in [5.74, 6) is 3.47. The van der Waals surface area contributed by atoms with Crippen LogP contribution in [-0.4, -0.2) is 216 Å². The summed E-state index contributed by atoms with van der Waals surface area (Å²) in [6.45, 7) is 28.2. The number of hydrogen-bond acceptors (Lipinski definition) is 23. The molecule has 0 unspecified atom stereocenters. The molecule has 5 aliphatic rings. The van der Waals surface area contributed by atoms with Crippen molar-refractivity contribution in [3.63, 3.8) is 0 Å². The van der Waals surface area contributed by atoms with Gasteiger partial charge in [-0.2, -0.15) is 42.1 Å². The zero-order chi connectivity index (χ0) is 102. The third kappa shape index (κ3) is 29.7. The van der Waals surface area contributed by atoms with Gasteiger partial charge in [0.15, 0.2) is 0 Å². The minimum atomic E-state index is -4.04. The van der Waals surface area contributed by atoms with Gasteiger partial charge in [0.05, 0.1) is 30.3 Å². The number of halogens is 3. The average Bonchev–Trinajstić information content (AvgIpc) is 1.44. The van der Waals surface area contributed by atoms with Crippen LogP contribution in [0.5, 0.6) is 46.0 Å². The minimum absolute atomic E-state index is 0.00352. The Morgan fingerprint density at radius 1 is 0.284 bits per heavy atom. The van der Waals surface area contributed by atoms with Crippen LogP contribution in [0.2, 0.25) is 0 Å². The van der Waals surface area contributed by atoms with E-state index in [9.17, 15) is 66.1 Å². The van der Waals surface area contributed by atoms with Crippen LogP contribution >= 0.6 is 47.8 Å². The predicted molar refractivity (Wildman–Crippen MR) is 552 cm³/mol. The quantitative estimate of drug-likeness (QED) is 0.0329. The molecule has 0 aliphatic carbocycles. The molecule has 141 heavy (non-hydrogen) atoms. The van der Waals surface area contributed by atoms with Gasteiger partial charge in [-0.15, -0.1) is 0 Å². The fourth-order valence-electron chi connectivity index (χ4n) is 15.3. The van der Waals surface area contributed by atoms with Gasteiger partial charge in [0.1, 0.15) is 70.5 Å². The third-order valence-corrected chi connectivity index (χ3v) is 30.4. The number of urea groups is 5. The molecule has 10 amide bonds. The highest BCUT2D eigenvalue weighted by Gasteiger charge is 2.36. The lowest BCUT2D eigenvalue weighted by Gasteiger charge is -2.20. The first-order chi connectivity index (χ1) is 67.1. The first-order valence-electron chi connectivity index (χ1n) is 45.8. The monoisotopic (exact) mass is 2220 g/mol. The number of aryl methyl sites for hydroxylation is 2. The summed E-state index contributed by atoms with van der Waals surface area (Å²) in [5.41, 5.74) is 5.16. The largest absolute Gasteiger partial charge is 0.497 e. The number of amides is 10. The molecule has 0 atom stereocenters. The van der Waals surface area contributed by atoms with Crippen LogP contribution in [0.1, 0.15) is 98.1 Å². The maximum atomic E-state index is 12.7. The minimum Gasteiger partial charge on any atom is -0.497 e. The summed E-state index contributed by atoms with van der Waals surface area (Å²) in [7, 11) is -15.3. The molecular formula is C100H117Br3N10O23S5. The first-order valence-corrected chi connectivity index (χ1v) is 55.2. The molecule has 0 saturated carbocycles. The molecule has 0 N–H and O–H groups in total. The Bertz CT molecular complexity index is 6570. The number of rotatable bonds is 36. The van der Waals surface area contributed by atoms with E-state index in [1.165, 1.54) is 112 Å². The van der Waals surface area contributed by atoms with E-state index in [0.717, 1.165) is 73.8 Å². The van der Waals surface area contributed by atoms with E-state index < -0.39 is 50.6 Å².